The maximum atomic E-state index is 12.9. The van der Waals surface area contributed by atoms with Crippen LogP contribution in [0, 0.1) is 0 Å². The van der Waals surface area contributed by atoms with Crippen LogP contribution >= 0.6 is 39.1 Å². The lowest BCUT2D eigenvalue weighted by Crippen LogP contribution is -2.45. The fraction of sp³-hybridized carbons (Fsp3) is 0.111. The lowest BCUT2D eigenvalue weighted by molar-refractivity contribution is -0.113. The number of carbonyl (C=O) groups is 2. The molecule has 26 heavy (non-hydrogen) atoms. The molecule has 0 aliphatic carbocycles. The topological polar surface area (TPSA) is 70.2 Å². The Hall–Kier alpha value is -2.02. The molecule has 0 spiro atoms. The largest absolute Gasteiger partial charge is 0.327 e. The second-order valence-electron chi connectivity index (χ2n) is 5.70. The van der Waals surface area contributed by atoms with E-state index in [4.69, 9.17) is 23.2 Å². The summed E-state index contributed by atoms with van der Waals surface area (Å²) in [5, 5.41) is 8.98. The van der Waals surface area contributed by atoms with E-state index in [1.807, 2.05) is 12.1 Å². The van der Waals surface area contributed by atoms with Crippen LogP contribution in [-0.4, -0.2) is 11.9 Å². The SMILES string of the molecule is CC1=C(C(=O)Nc2ccc(Br)cc2)C(c2ccc(Cl)c(Cl)c2)NC(=O)N1. The van der Waals surface area contributed by atoms with Gasteiger partial charge in [0.2, 0.25) is 0 Å². The third kappa shape index (κ3) is 4.03. The fourth-order valence-electron chi connectivity index (χ4n) is 2.67. The van der Waals surface area contributed by atoms with Crippen LogP contribution in [0.1, 0.15) is 18.5 Å². The molecular weight excluding hydrogens is 441 g/mol. The van der Waals surface area contributed by atoms with Gasteiger partial charge in [-0.25, -0.2) is 4.79 Å². The van der Waals surface area contributed by atoms with E-state index in [2.05, 4.69) is 31.9 Å². The van der Waals surface area contributed by atoms with Gasteiger partial charge in [0, 0.05) is 15.9 Å². The second kappa shape index (κ2) is 7.70. The summed E-state index contributed by atoms with van der Waals surface area (Å²) in [5.41, 5.74) is 2.17. The van der Waals surface area contributed by atoms with E-state index in [0.717, 1.165) is 4.47 Å². The normalized spacial score (nSPS) is 16.8. The second-order valence-corrected chi connectivity index (χ2v) is 7.43. The number of allylic oxidation sites excluding steroid dienone is 1. The number of nitrogens with one attached hydrogen (secondary N) is 3. The minimum Gasteiger partial charge on any atom is -0.327 e. The van der Waals surface area contributed by atoms with Gasteiger partial charge >= 0.3 is 6.03 Å². The quantitative estimate of drug-likeness (QED) is 0.609. The first-order valence-corrected chi connectivity index (χ1v) is 9.20. The number of benzene rings is 2. The van der Waals surface area contributed by atoms with Crippen molar-refractivity contribution in [3.05, 3.63) is 73.8 Å². The summed E-state index contributed by atoms with van der Waals surface area (Å²) in [6, 6.07) is 11.2. The molecule has 0 saturated heterocycles. The molecule has 3 rings (SSSR count). The zero-order chi connectivity index (χ0) is 18.8. The maximum Gasteiger partial charge on any atom is 0.319 e. The van der Waals surface area contributed by atoms with Gasteiger partial charge in [0.15, 0.2) is 0 Å². The summed E-state index contributed by atoms with van der Waals surface area (Å²) in [6.45, 7) is 1.68. The molecule has 1 heterocycles. The van der Waals surface area contributed by atoms with Crippen molar-refractivity contribution in [1.29, 1.82) is 0 Å². The summed E-state index contributed by atoms with van der Waals surface area (Å²) in [4.78, 5) is 24.8. The van der Waals surface area contributed by atoms with Gasteiger partial charge in [0.05, 0.1) is 21.7 Å². The molecule has 5 nitrogen and oxygen atoms in total. The minimum absolute atomic E-state index is 0.326. The smallest absolute Gasteiger partial charge is 0.319 e. The molecule has 0 radical (unpaired) electrons. The number of anilines is 1. The van der Waals surface area contributed by atoms with Crippen molar-refractivity contribution in [2.75, 3.05) is 5.32 Å². The van der Waals surface area contributed by atoms with Crippen molar-refractivity contribution in [1.82, 2.24) is 10.6 Å². The Morgan fingerprint density at radius 1 is 1.12 bits per heavy atom. The number of hydrogen-bond acceptors (Lipinski definition) is 2. The number of hydrogen-bond donors (Lipinski definition) is 3. The van der Waals surface area contributed by atoms with Gasteiger partial charge in [-0.05, 0) is 48.9 Å². The van der Waals surface area contributed by atoms with Crippen LogP contribution in [-0.2, 0) is 4.79 Å². The highest BCUT2D eigenvalue weighted by Crippen LogP contribution is 2.32. The molecule has 1 unspecified atom stereocenters. The van der Waals surface area contributed by atoms with Crippen LogP contribution in [0.25, 0.3) is 0 Å². The average Bonchev–Trinajstić information content (AvgIpc) is 2.58. The molecule has 134 valence electrons. The molecule has 2 aromatic carbocycles. The summed E-state index contributed by atoms with van der Waals surface area (Å²) in [5.74, 6) is -0.326. The molecule has 1 aliphatic rings. The van der Waals surface area contributed by atoms with Crippen molar-refractivity contribution in [3.8, 4) is 0 Å². The monoisotopic (exact) mass is 453 g/mol. The Balaban J connectivity index is 1.95. The first-order chi connectivity index (χ1) is 12.3. The molecule has 0 saturated carbocycles. The molecule has 3 N–H and O–H groups in total. The van der Waals surface area contributed by atoms with E-state index in [0.29, 0.717) is 32.6 Å². The van der Waals surface area contributed by atoms with Gasteiger partial charge in [-0.3, -0.25) is 4.79 Å². The molecular formula is C18H14BrCl2N3O2. The fourth-order valence-corrected chi connectivity index (χ4v) is 3.24. The van der Waals surface area contributed by atoms with E-state index in [1.54, 1.807) is 37.3 Å². The molecule has 3 amide bonds. The van der Waals surface area contributed by atoms with Gasteiger partial charge in [-0.15, -0.1) is 0 Å². The molecule has 8 heteroatoms. The Morgan fingerprint density at radius 3 is 2.46 bits per heavy atom. The van der Waals surface area contributed by atoms with Crippen molar-refractivity contribution in [3.63, 3.8) is 0 Å². The Kier molecular flexibility index (Phi) is 5.55. The third-order valence-electron chi connectivity index (χ3n) is 3.89. The van der Waals surface area contributed by atoms with Crippen LogP contribution < -0.4 is 16.0 Å². The van der Waals surface area contributed by atoms with Crippen molar-refractivity contribution >= 4 is 56.8 Å². The number of carbonyl (C=O) groups excluding carboxylic acids is 2. The Labute approximate surface area is 168 Å². The zero-order valence-electron chi connectivity index (χ0n) is 13.6. The molecule has 0 aromatic heterocycles. The summed E-state index contributed by atoms with van der Waals surface area (Å²) >= 11 is 15.4. The summed E-state index contributed by atoms with van der Waals surface area (Å²) in [6.07, 6.45) is 0. The predicted octanol–water partition coefficient (Wildman–Crippen LogP) is 5.02. The highest BCUT2D eigenvalue weighted by atomic mass is 79.9. The van der Waals surface area contributed by atoms with Crippen molar-refractivity contribution in [2.45, 2.75) is 13.0 Å². The minimum atomic E-state index is -0.644. The van der Waals surface area contributed by atoms with E-state index in [1.165, 1.54) is 0 Å². The third-order valence-corrected chi connectivity index (χ3v) is 5.16. The van der Waals surface area contributed by atoms with Gasteiger partial charge in [-0.2, -0.15) is 0 Å². The van der Waals surface area contributed by atoms with E-state index in [-0.39, 0.29) is 5.91 Å². The number of amides is 3. The summed E-state index contributed by atoms with van der Waals surface area (Å²) in [7, 11) is 0. The van der Waals surface area contributed by atoms with Gasteiger partial charge in [0.1, 0.15) is 0 Å². The van der Waals surface area contributed by atoms with Crippen LogP contribution in [0.3, 0.4) is 0 Å². The first kappa shape index (κ1) is 18.8. The number of rotatable bonds is 3. The predicted molar refractivity (Wildman–Crippen MR) is 106 cm³/mol. The standard InChI is InChI=1S/C18H14BrCl2N3O2/c1-9-15(17(25)23-12-5-3-11(19)4-6-12)16(24-18(26)22-9)10-2-7-13(20)14(21)8-10/h2-8,16H,1H3,(H,23,25)(H2,22,24,26). The lowest BCUT2D eigenvalue weighted by Gasteiger charge is -2.29. The number of urea groups is 1. The average molecular weight is 455 g/mol. The van der Waals surface area contributed by atoms with E-state index >= 15 is 0 Å². The maximum absolute atomic E-state index is 12.9. The lowest BCUT2D eigenvalue weighted by atomic mass is 9.95. The molecule has 2 aromatic rings. The molecule has 0 bridgehead atoms. The number of halogens is 3. The van der Waals surface area contributed by atoms with Crippen molar-refractivity contribution < 1.29 is 9.59 Å². The summed E-state index contributed by atoms with van der Waals surface area (Å²) < 4.78 is 0.908. The van der Waals surface area contributed by atoms with Crippen LogP contribution in [0.4, 0.5) is 10.5 Å². The van der Waals surface area contributed by atoms with Gasteiger partial charge < -0.3 is 16.0 Å². The van der Waals surface area contributed by atoms with Crippen molar-refractivity contribution in [2.24, 2.45) is 0 Å². The van der Waals surface area contributed by atoms with Gasteiger partial charge in [0.25, 0.3) is 5.91 Å². The van der Waals surface area contributed by atoms with E-state index < -0.39 is 12.1 Å². The molecule has 1 atom stereocenters. The molecule has 1 aliphatic heterocycles. The Morgan fingerprint density at radius 2 is 1.81 bits per heavy atom. The van der Waals surface area contributed by atoms with E-state index in [9.17, 15) is 9.59 Å². The van der Waals surface area contributed by atoms with Crippen LogP contribution in [0.5, 0.6) is 0 Å². The molecule has 0 fully saturated rings. The zero-order valence-corrected chi connectivity index (χ0v) is 16.7. The van der Waals surface area contributed by atoms with Crippen LogP contribution in [0.15, 0.2) is 58.2 Å². The Bertz CT molecular complexity index is 913. The van der Waals surface area contributed by atoms with Crippen LogP contribution in [0.2, 0.25) is 10.0 Å². The highest BCUT2D eigenvalue weighted by Gasteiger charge is 2.31. The highest BCUT2D eigenvalue weighted by molar-refractivity contribution is 9.10. The van der Waals surface area contributed by atoms with Gasteiger partial charge in [-0.1, -0.05) is 45.2 Å². The first-order valence-electron chi connectivity index (χ1n) is 7.65.